The van der Waals surface area contributed by atoms with Crippen LogP contribution in [0.2, 0.25) is 0 Å². The van der Waals surface area contributed by atoms with Crippen molar-refractivity contribution in [2.45, 2.75) is 0 Å². The number of hydrogen-bond acceptors (Lipinski definition) is 9. The van der Waals surface area contributed by atoms with Crippen LogP contribution in [0.1, 0.15) is 0 Å². The van der Waals surface area contributed by atoms with Gasteiger partial charge in [0.2, 0.25) is 0 Å². The van der Waals surface area contributed by atoms with Gasteiger partial charge in [-0.2, -0.15) is 0 Å². The molecule has 0 saturated carbocycles. The summed E-state index contributed by atoms with van der Waals surface area (Å²) < 4.78 is 47.2. The van der Waals surface area contributed by atoms with Gasteiger partial charge in [0.25, 0.3) is 0 Å². The standard InChI is InChI=1S/C14H30O9Si/c1-5-24(21-9-6-18-12-15-2,22-10-7-19-13-16-3)23-11-8-20-14-17-4/h5H,1,6-14H2,2-4H3. The van der Waals surface area contributed by atoms with Crippen molar-refractivity contribution in [3.8, 4) is 0 Å². The quantitative estimate of drug-likeness (QED) is 0.184. The second-order valence-corrected chi connectivity index (χ2v) is 6.78. The summed E-state index contributed by atoms with van der Waals surface area (Å²) in [5.74, 6) is 0. The van der Waals surface area contributed by atoms with Gasteiger partial charge in [0.15, 0.2) is 0 Å². The third kappa shape index (κ3) is 13.0. The van der Waals surface area contributed by atoms with E-state index in [0.717, 1.165) is 0 Å². The van der Waals surface area contributed by atoms with Crippen LogP contribution >= 0.6 is 0 Å². The molecule has 0 rings (SSSR count). The number of hydrogen-bond donors (Lipinski definition) is 0. The van der Waals surface area contributed by atoms with E-state index in [4.69, 9.17) is 41.7 Å². The fourth-order valence-corrected chi connectivity index (χ4v) is 3.16. The topological polar surface area (TPSA) is 83.1 Å². The van der Waals surface area contributed by atoms with Crippen molar-refractivity contribution in [3.63, 3.8) is 0 Å². The molecule has 24 heavy (non-hydrogen) atoms. The van der Waals surface area contributed by atoms with Gasteiger partial charge in [0.05, 0.1) is 39.6 Å². The van der Waals surface area contributed by atoms with Crippen LogP contribution in [0.5, 0.6) is 0 Å². The molecule has 0 atom stereocenters. The molecule has 0 aromatic heterocycles. The molecule has 0 unspecified atom stereocenters. The molecule has 0 aliphatic carbocycles. The Morgan fingerprint density at radius 3 is 1.21 bits per heavy atom. The molecule has 0 N–H and O–H groups in total. The number of ether oxygens (including phenoxy) is 6. The first-order chi connectivity index (χ1) is 11.7. The summed E-state index contributed by atoms with van der Waals surface area (Å²) in [4.78, 5) is 0. The largest absolute Gasteiger partial charge is 0.529 e. The minimum Gasteiger partial charge on any atom is -0.368 e. The Balaban J connectivity index is 4.26. The minimum atomic E-state index is -3.05. The minimum absolute atomic E-state index is 0.198. The van der Waals surface area contributed by atoms with Crippen LogP contribution in [0.25, 0.3) is 0 Å². The summed E-state index contributed by atoms with van der Waals surface area (Å²) in [7, 11) is 1.61. The molecule has 0 radical (unpaired) electrons. The molecule has 10 heteroatoms. The maximum Gasteiger partial charge on any atom is 0.529 e. The average Bonchev–Trinajstić information content (AvgIpc) is 2.60. The van der Waals surface area contributed by atoms with E-state index in [1.165, 1.54) is 0 Å². The molecule has 0 heterocycles. The second-order valence-electron chi connectivity index (χ2n) is 4.30. The van der Waals surface area contributed by atoms with Gasteiger partial charge in [-0.3, -0.25) is 0 Å². The highest BCUT2D eigenvalue weighted by Crippen LogP contribution is 2.11. The van der Waals surface area contributed by atoms with Gasteiger partial charge in [0.1, 0.15) is 20.4 Å². The van der Waals surface area contributed by atoms with Crippen molar-refractivity contribution in [1.82, 2.24) is 0 Å². The highest BCUT2D eigenvalue weighted by molar-refractivity contribution is 6.66. The molecule has 0 amide bonds. The zero-order chi connectivity index (χ0) is 17.9. The molecule has 0 aliphatic heterocycles. The Morgan fingerprint density at radius 1 is 0.625 bits per heavy atom. The maximum atomic E-state index is 5.76. The molecule has 0 aromatic rings. The summed E-state index contributed by atoms with van der Waals surface area (Å²) >= 11 is 0. The molecular formula is C14H30O9Si. The van der Waals surface area contributed by atoms with Gasteiger partial charge >= 0.3 is 8.80 Å². The van der Waals surface area contributed by atoms with E-state index in [0.29, 0.717) is 39.6 Å². The van der Waals surface area contributed by atoms with Gasteiger partial charge in [-0.25, -0.2) is 0 Å². The SMILES string of the molecule is C=C[Si](OCCOCOC)(OCCOCOC)OCCOCOC. The highest BCUT2D eigenvalue weighted by Gasteiger charge is 2.38. The van der Waals surface area contributed by atoms with Gasteiger partial charge < -0.3 is 41.7 Å². The lowest BCUT2D eigenvalue weighted by Crippen LogP contribution is -2.46. The molecule has 0 saturated heterocycles. The zero-order valence-electron chi connectivity index (χ0n) is 14.8. The molecule has 9 nitrogen and oxygen atoms in total. The molecule has 0 spiro atoms. The number of rotatable bonds is 19. The molecule has 0 aliphatic rings. The van der Waals surface area contributed by atoms with Gasteiger partial charge in [-0.05, 0) is 5.70 Å². The van der Waals surface area contributed by atoms with Gasteiger partial charge in [-0.1, -0.05) is 6.58 Å². The summed E-state index contributed by atoms with van der Waals surface area (Å²) in [5, 5.41) is 0. The third-order valence-corrected chi connectivity index (χ3v) is 4.77. The summed E-state index contributed by atoms with van der Waals surface area (Å²) in [6.07, 6.45) is 0. The summed E-state index contributed by atoms with van der Waals surface area (Å²) in [6.45, 7) is 6.29. The van der Waals surface area contributed by atoms with Crippen molar-refractivity contribution in [2.24, 2.45) is 0 Å². The van der Waals surface area contributed by atoms with Crippen molar-refractivity contribution >= 4 is 8.80 Å². The zero-order valence-corrected chi connectivity index (χ0v) is 15.8. The van der Waals surface area contributed by atoms with E-state index in [1.807, 2.05) is 0 Å². The smallest absolute Gasteiger partial charge is 0.368 e. The van der Waals surface area contributed by atoms with Gasteiger partial charge in [-0.15, -0.1) is 0 Å². The Morgan fingerprint density at radius 2 is 0.958 bits per heavy atom. The third-order valence-electron chi connectivity index (χ3n) is 2.45. The first kappa shape index (κ1) is 23.6. The van der Waals surface area contributed by atoms with E-state index >= 15 is 0 Å². The Bertz CT molecular complexity index is 245. The van der Waals surface area contributed by atoms with E-state index in [2.05, 4.69) is 6.58 Å². The Kier molecular flexibility index (Phi) is 17.1. The molecular weight excluding hydrogens is 340 g/mol. The Hall–Kier alpha value is -0.403. The molecule has 0 fully saturated rings. The lowest BCUT2D eigenvalue weighted by molar-refractivity contribution is -0.0642. The first-order valence-corrected chi connectivity index (χ1v) is 9.30. The normalized spacial score (nSPS) is 11.8. The van der Waals surface area contributed by atoms with Crippen LogP contribution in [0.15, 0.2) is 12.3 Å². The van der Waals surface area contributed by atoms with Crippen molar-refractivity contribution < 1.29 is 41.7 Å². The predicted octanol–water partition coefficient (Wildman–Crippen LogP) is 0.562. The van der Waals surface area contributed by atoms with Crippen LogP contribution in [-0.4, -0.2) is 90.2 Å². The fourth-order valence-electron chi connectivity index (χ4n) is 1.46. The molecule has 0 bridgehead atoms. The van der Waals surface area contributed by atoms with Crippen LogP contribution in [0, 0.1) is 0 Å². The van der Waals surface area contributed by atoms with Gasteiger partial charge in [0, 0.05) is 21.3 Å². The van der Waals surface area contributed by atoms with Crippen LogP contribution in [-0.2, 0) is 41.7 Å². The van der Waals surface area contributed by atoms with Crippen LogP contribution in [0.4, 0.5) is 0 Å². The maximum absolute atomic E-state index is 5.76. The second kappa shape index (κ2) is 17.4. The summed E-state index contributed by atoms with van der Waals surface area (Å²) in [5.41, 5.74) is 1.57. The first-order valence-electron chi connectivity index (χ1n) is 7.50. The van der Waals surface area contributed by atoms with Crippen LogP contribution in [0.3, 0.4) is 0 Å². The Labute approximate surface area is 145 Å². The average molecular weight is 370 g/mol. The van der Waals surface area contributed by atoms with E-state index in [9.17, 15) is 0 Å². The van der Waals surface area contributed by atoms with Crippen LogP contribution < -0.4 is 0 Å². The lowest BCUT2D eigenvalue weighted by Gasteiger charge is -2.26. The van der Waals surface area contributed by atoms with Crippen molar-refractivity contribution in [3.05, 3.63) is 12.3 Å². The van der Waals surface area contributed by atoms with Crippen molar-refractivity contribution in [1.29, 1.82) is 0 Å². The predicted molar refractivity (Wildman–Crippen MR) is 87.3 cm³/mol. The summed E-state index contributed by atoms with van der Waals surface area (Å²) in [6, 6.07) is 0. The molecule has 144 valence electrons. The highest BCUT2D eigenvalue weighted by atomic mass is 28.4. The van der Waals surface area contributed by atoms with E-state index < -0.39 is 8.80 Å². The monoisotopic (exact) mass is 370 g/mol. The fraction of sp³-hybridized carbons (Fsp3) is 0.857. The van der Waals surface area contributed by atoms with E-state index in [-0.39, 0.29) is 20.4 Å². The molecule has 0 aromatic carbocycles. The van der Waals surface area contributed by atoms with Crippen molar-refractivity contribution in [2.75, 3.05) is 81.3 Å². The number of methoxy groups -OCH3 is 3. The van der Waals surface area contributed by atoms with E-state index in [1.54, 1.807) is 27.0 Å². The lowest BCUT2D eigenvalue weighted by atomic mass is 10.8.